The SMILES string of the molecule is CN(C)CCCNC(=O)CC(c1ccc2c(c1)OCO2)c1c(O)nc2ccccn2c1=O. The number of pyridine rings is 1. The highest BCUT2D eigenvalue weighted by atomic mass is 16.7. The van der Waals surface area contributed by atoms with Crippen molar-refractivity contribution in [3.63, 3.8) is 0 Å². The van der Waals surface area contributed by atoms with E-state index in [0.717, 1.165) is 13.0 Å². The van der Waals surface area contributed by atoms with Gasteiger partial charge in [-0.2, -0.15) is 4.98 Å². The molecule has 1 unspecified atom stereocenters. The number of rotatable bonds is 8. The Bertz CT molecular complexity index is 1190. The van der Waals surface area contributed by atoms with E-state index < -0.39 is 11.5 Å². The summed E-state index contributed by atoms with van der Waals surface area (Å²) in [5.41, 5.74) is 0.631. The maximum Gasteiger partial charge on any atom is 0.265 e. The van der Waals surface area contributed by atoms with Crippen LogP contribution >= 0.6 is 0 Å². The van der Waals surface area contributed by atoms with Crippen molar-refractivity contribution in [1.29, 1.82) is 0 Å². The fraction of sp³-hybridized carbons (Fsp3) is 0.348. The Kier molecular flexibility index (Phi) is 6.27. The van der Waals surface area contributed by atoms with Gasteiger partial charge >= 0.3 is 0 Å². The van der Waals surface area contributed by atoms with Crippen molar-refractivity contribution in [2.45, 2.75) is 18.8 Å². The second-order valence-corrected chi connectivity index (χ2v) is 7.96. The number of benzene rings is 1. The molecule has 0 fully saturated rings. The minimum atomic E-state index is -0.713. The van der Waals surface area contributed by atoms with Gasteiger partial charge in [0, 0.05) is 25.1 Å². The zero-order valence-electron chi connectivity index (χ0n) is 18.1. The Balaban J connectivity index is 1.69. The maximum atomic E-state index is 13.3. The number of fused-ring (bicyclic) bond motifs is 2. The molecule has 2 N–H and O–H groups in total. The highest BCUT2D eigenvalue weighted by Crippen LogP contribution is 2.38. The van der Waals surface area contributed by atoms with Crippen molar-refractivity contribution >= 4 is 11.6 Å². The number of aromatic nitrogens is 2. The van der Waals surface area contributed by atoms with Crippen LogP contribution in [0.5, 0.6) is 17.4 Å². The fourth-order valence-electron chi connectivity index (χ4n) is 3.79. The molecule has 0 spiro atoms. The molecule has 0 saturated carbocycles. The topological polar surface area (TPSA) is 105 Å². The van der Waals surface area contributed by atoms with Crippen LogP contribution in [0.3, 0.4) is 0 Å². The van der Waals surface area contributed by atoms with Gasteiger partial charge in [-0.3, -0.25) is 14.0 Å². The van der Waals surface area contributed by atoms with E-state index in [1.165, 1.54) is 4.40 Å². The summed E-state index contributed by atoms with van der Waals surface area (Å²) in [7, 11) is 3.95. The maximum absolute atomic E-state index is 13.3. The van der Waals surface area contributed by atoms with Crippen LogP contribution in [0, 0.1) is 0 Å². The molecule has 3 heterocycles. The van der Waals surface area contributed by atoms with E-state index in [0.29, 0.717) is 29.3 Å². The number of carbonyl (C=O) groups is 1. The molecular formula is C23H26N4O5. The van der Waals surface area contributed by atoms with Crippen molar-refractivity contribution in [2.24, 2.45) is 0 Å². The van der Waals surface area contributed by atoms with E-state index in [1.807, 2.05) is 19.0 Å². The van der Waals surface area contributed by atoms with E-state index in [-0.39, 0.29) is 30.6 Å². The zero-order valence-corrected chi connectivity index (χ0v) is 18.1. The molecule has 0 radical (unpaired) electrons. The molecule has 2 aromatic heterocycles. The largest absolute Gasteiger partial charge is 0.493 e. The summed E-state index contributed by atoms with van der Waals surface area (Å²) in [6.45, 7) is 1.48. The lowest BCUT2D eigenvalue weighted by Gasteiger charge is -2.19. The van der Waals surface area contributed by atoms with Crippen LogP contribution in [0.25, 0.3) is 5.65 Å². The number of nitrogens with zero attached hydrogens (tertiary/aromatic N) is 3. The second-order valence-electron chi connectivity index (χ2n) is 7.96. The molecule has 3 aromatic rings. The Morgan fingerprint density at radius 1 is 1.25 bits per heavy atom. The monoisotopic (exact) mass is 438 g/mol. The third kappa shape index (κ3) is 4.52. The lowest BCUT2D eigenvalue weighted by Crippen LogP contribution is -2.30. The highest BCUT2D eigenvalue weighted by Gasteiger charge is 2.28. The Morgan fingerprint density at radius 2 is 2.06 bits per heavy atom. The molecular weight excluding hydrogens is 412 g/mol. The third-order valence-electron chi connectivity index (χ3n) is 5.39. The van der Waals surface area contributed by atoms with Crippen LogP contribution < -0.4 is 20.3 Å². The summed E-state index contributed by atoms with van der Waals surface area (Å²) in [4.78, 5) is 32.3. The summed E-state index contributed by atoms with van der Waals surface area (Å²) >= 11 is 0. The smallest absolute Gasteiger partial charge is 0.265 e. The van der Waals surface area contributed by atoms with Crippen LogP contribution in [0.1, 0.15) is 29.9 Å². The summed E-state index contributed by atoms with van der Waals surface area (Å²) in [6.07, 6.45) is 2.37. The number of amides is 1. The standard InChI is InChI=1S/C23H26N4O5/c1-26(2)10-5-9-24-20(28)13-16(15-7-8-17-18(12-15)32-14-31-17)21-22(29)25-19-6-3-4-11-27(19)23(21)30/h3-4,6-8,11-12,16,29H,5,9-10,13-14H2,1-2H3,(H,24,28). The first-order chi connectivity index (χ1) is 15.4. The van der Waals surface area contributed by atoms with Crippen LogP contribution in [0.15, 0.2) is 47.4 Å². The first kappa shape index (κ1) is 21.6. The van der Waals surface area contributed by atoms with Gasteiger partial charge in [0.15, 0.2) is 11.5 Å². The predicted molar refractivity (Wildman–Crippen MR) is 118 cm³/mol. The van der Waals surface area contributed by atoms with Crippen molar-refractivity contribution < 1.29 is 19.4 Å². The van der Waals surface area contributed by atoms with Crippen LogP contribution in [-0.4, -0.2) is 59.3 Å². The van der Waals surface area contributed by atoms with Crippen molar-refractivity contribution in [3.05, 3.63) is 64.1 Å². The van der Waals surface area contributed by atoms with Gasteiger partial charge in [0.2, 0.25) is 18.6 Å². The zero-order chi connectivity index (χ0) is 22.7. The molecule has 0 bridgehead atoms. The molecule has 9 nitrogen and oxygen atoms in total. The lowest BCUT2D eigenvalue weighted by atomic mass is 9.89. The fourth-order valence-corrected chi connectivity index (χ4v) is 3.79. The molecule has 1 aliphatic heterocycles. The van der Waals surface area contributed by atoms with Crippen LogP contribution in [0.4, 0.5) is 0 Å². The summed E-state index contributed by atoms with van der Waals surface area (Å²) in [6, 6.07) is 10.3. The van der Waals surface area contributed by atoms with Gasteiger partial charge in [-0.1, -0.05) is 12.1 Å². The van der Waals surface area contributed by atoms with Crippen molar-refractivity contribution in [2.75, 3.05) is 34.0 Å². The summed E-state index contributed by atoms with van der Waals surface area (Å²) in [5, 5.41) is 13.6. The normalized spacial score (nSPS) is 13.5. The van der Waals surface area contributed by atoms with E-state index in [2.05, 4.69) is 10.3 Å². The predicted octanol–water partition coefficient (Wildman–Crippen LogP) is 1.72. The van der Waals surface area contributed by atoms with E-state index in [9.17, 15) is 14.7 Å². The molecule has 1 aliphatic rings. The van der Waals surface area contributed by atoms with E-state index >= 15 is 0 Å². The van der Waals surface area contributed by atoms with Crippen molar-refractivity contribution in [1.82, 2.24) is 19.6 Å². The molecule has 32 heavy (non-hydrogen) atoms. The van der Waals surface area contributed by atoms with E-state index in [4.69, 9.17) is 9.47 Å². The number of hydrogen-bond donors (Lipinski definition) is 2. The van der Waals surface area contributed by atoms with E-state index in [1.54, 1.807) is 42.6 Å². The molecule has 1 amide bonds. The van der Waals surface area contributed by atoms with Gasteiger partial charge in [-0.25, -0.2) is 0 Å². The number of hydrogen-bond acceptors (Lipinski definition) is 7. The minimum absolute atomic E-state index is 0.0228. The summed E-state index contributed by atoms with van der Waals surface area (Å²) in [5.74, 6) is -0.187. The average molecular weight is 438 g/mol. The van der Waals surface area contributed by atoms with Gasteiger partial charge < -0.3 is 24.8 Å². The van der Waals surface area contributed by atoms with Gasteiger partial charge in [0.25, 0.3) is 5.56 Å². The van der Waals surface area contributed by atoms with Gasteiger partial charge in [0.05, 0.1) is 5.56 Å². The molecule has 0 saturated heterocycles. The van der Waals surface area contributed by atoms with Gasteiger partial charge in [-0.05, 0) is 56.9 Å². The second kappa shape index (κ2) is 9.27. The molecule has 168 valence electrons. The highest BCUT2D eigenvalue weighted by molar-refractivity contribution is 5.77. The quantitative estimate of drug-likeness (QED) is 0.516. The molecule has 0 aliphatic carbocycles. The average Bonchev–Trinajstić information content (AvgIpc) is 3.24. The van der Waals surface area contributed by atoms with Crippen molar-refractivity contribution in [3.8, 4) is 17.4 Å². The van der Waals surface area contributed by atoms with Crippen LogP contribution in [-0.2, 0) is 4.79 Å². The minimum Gasteiger partial charge on any atom is -0.493 e. The number of aromatic hydroxyl groups is 1. The first-order valence-electron chi connectivity index (χ1n) is 10.5. The van der Waals surface area contributed by atoms with Crippen LogP contribution in [0.2, 0.25) is 0 Å². The summed E-state index contributed by atoms with van der Waals surface area (Å²) < 4.78 is 12.2. The number of ether oxygens (including phenoxy) is 2. The number of carbonyl (C=O) groups excluding carboxylic acids is 1. The lowest BCUT2D eigenvalue weighted by molar-refractivity contribution is -0.121. The molecule has 1 aromatic carbocycles. The first-order valence-corrected chi connectivity index (χ1v) is 10.5. The third-order valence-corrected chi connectivity index (χ3v) is 5.39. The van der Waals surface area contributed by atoms with Gasteiger partial charge in [-0.15, -0.1) is 0 Å². The molecule has 1 atom stereocenters. The van der Waals surface area contributed by atoms with Gasteiger partial charge in [0.1, 0.15) is 5.65 Å². The number of nitrogens with one attached hydrogen (secondary N) is 1. The molecule has 4 rings (SSSR count). The Labute approximate surface area is 185 Å². The Hall–Kier alpha value is -3.59. The molecule has 9 heteroatoms. The Morgan fingerprint density at radius 3 is 2.88 bits per heavy atom.